The molecule has 1 heterocycles. The number of amides is 2. The van der Waals surface area contributed by atoms with E-state index in [0.717, 1.165) is 0 Å². The number of hydrogen-bond donors (Lipinski definition) is 3. The normalized spacial score (nSPS) is 22.1. The Kier molecular flexibility index (Phi) is 3.63. The van der Waals surface area contributed by atoms with Crippen LogP contribution in [0.5, 0.6) is 0 Å². The number of nitriles is 1. The second-order valence-corrected chi connectivity index (χ2v) is 4.71. The number of carbonyl (C=O) groups is 2. The number of allylic oxidation sites excluding steroid dienone is 1. The lowest BCUT2D eigenvalue weighted by Gasteiger charge is -2.30. The van der Waals surface area contributed by atoms with E-state index >= 15 is 0 Å². The lowest BCUT2D eigenvalue weighted by Crippen LogP contribution is -2.48. The Labute approximate surface area is 120 Å². The van der Waals surface area contributed by atoms with Gasteiger partial charge in [0, 0.05) is 10.9 Å². The van der Waals surface area contributed by atoms with E-state index in [1.54, 1.807) is 24.3 Å². The first-order valence-electron chi connectivity index (χ1n) is 5.71. The van der Waals surface area contributed by atoms with E-state index in [0.29, 0.717) is 10.6 Å². The summed E-state index contributed by atoms with van der Waals surface area (Å²) in [6, 6.07) is 8.54. The summed E-state index contributed by atoms with van der Waals surface area (Å²) >= 11 is 6.09. The maximum Gasteiger partial charge on any atom is 0.239 e. The monoisotopic (exact) mass is 290 g/mol. The molecule has 1 aliphatic rings. The maximum atomic E-state index is 11.9. The number of carbonyl (C=O) groups excluding carboxylic acids is 2. The minimum atomic E-state index is -1.23. The maximum absolute atomic E-state index is 11.9. The number of hydrogen-bond acceptors (Lipinski definition) is 4. The van der Waals surface area contributed by atoms with E-state index in [2.05, 4.69) is 5.32 Å². The molecular formula is C13H11ClN4O2. The summed E-state index contributed by atoms with van der Waals surface area (Å²) in [5.74, 6) is -3.66. The van der Waals surface area contributed by atoms with Crippen LogP contribution in [0, 0.1) is 17.2 Å². The van der Waals surface area contributed by atoms with Gasteiger partial charge >= 0.3 is 0 Å². The predicted molar refractivity (Wildman–Crippen MR) is 71.8 cm³/mol. The van der Waals surface area contributed by atoms with Crippen molar-refractivity contribution >= 4 is 23.4 Å². The summed E-state index contributed by atoms with van der Waals surface area (Å²) in [5, 5.41) is 11.9. The second-order valence-electron chi connectivity index (χ2n) is 4.31. The number of benzene rings is 1. The first kappa shape index (κ1) is 13.9. The van der Waals surface area contributed by atoms with Crippen LogP contribution in [-0.4, -0.2) is 11.8 Å². The SMILES string of the molecule is N#CC1=C(N)NC(=O)C(C(N)=O)C1c1ccccc1Cl. The zero-order valence-electron chi connectivity index (χ0n) is 10.3. The molecule has 0 saturated heterocycles. The van der Waals surface area contributed by atoms with Crippen LogP contribution < -0.4 is 16.8 Å². The molecule has 2 unspecified atom stereocenters. The molecule has 1 aromatic rings. The third-order valence-electron chi connectivity index (χ3n) is 3.14. The van der Waals surface area contributed by atoms with Crippen LogP contribution in [0.2, 0.25) is 5.02 Å². The Balaban J connectivity index is 2.68. The van der Waals surface area contributed by atoms with Gasteiger partial charge in [-0.15, -0.1) is 0 Å². The van der Waals surface area contributed by atoms with Gasteiger partial charge in [0.1, 0.15) is 11.7 Å². The fourth-order valence-corrected chi connectivity index (χ4v) is 2.50. The molecular weight excluding hydrogens is 280 g/mol. The highest BCUT2D eigenvalue weighted by Gasteiger charge is 2.42. The average Bonchev–Trinajstić information content (AvgIpc) is 2.38. The molecule has 0 bridgehead atoms. The van der Waals surface area contributed by atoms with E-state index in [1.807, 2.05) is 6.07 Å². The van der Waals surface area contributed by atoms with Crippen LogP contribution in [0.25, 0.3) is 0 Å². The van der Waals surface area contributed by atoms with Crippen molar-refractivity contribution < 1.29 is 9.59 Å². The van der Waals surface area contributed by atoms with Crippen molar-refractivity contribution in [1.29, 1.82) is 5.26 Å². The van der Waals surface area contributed by atoms with Crippen LogP contribution in [0.3, 0.4) is 0 Å². The summed E-state index contributed by atoms with van der Waals surface area (Å²) in [7, 11) is 0. The fraction of sp³-hybridized carbons (Fsp3) is 0.154. The Morgan fingerprint density at radius 3 is 2.60 bits per heavy atom. The average molecular weight is 291 g/mol. The summed E-state index contributed by atoms with van der Waals surface area (Å²) in [4.78, 5) is 23.5. The smallest absolute Gasteiger partial charge is 0.239 e. The van der Waals surface area contributed by atoms with Gasteiger partial charge in [-0.2, -0.15) is 5.26 Å². The van der Waals surface area contributed by atoms with E-state index < -0.39 is 23.7 Å². The molecule has 0 radical (unpaired) electrons. The van der Waals surface area contributed by atoms with Gasteiger partial charge in [-0.3, -0.25) is 9.59 Å². The molecule has 7 heteroatoms. The number of nitrogens with one attached hydrogen (secondary N) is 1. The van der Waals surface area contributed by atoms with Gasteiger partial charge in [0.05, 0.1) is 11.6 Å². The number of primary amides is 1. The third kappa shape index (κ3) is 2.19. The van der Waals surface area contributed by atoms with Gasteiger partial charge in [-0.1, -0.05) is 29.8 Å². The molecule has 2 amide bonds. The molecule has 0 spiro atoms. The molecule has 0 fully saturated rings. The van der Waals surface area contributed by atoms with Gasteiger partial charge in [0.25, 0.3) is 0 Å². The molecule has 1 aromatic carbocycles. The third-order valence-corrected chi connectivity index (χ3v) is 3.49. The Bertz CT molecular complexity index is 663. The first-order valence-corrected chi connectivity index (χ1v) is 6.09. The van der Waals surface area contributed by atoms with Crippen LogP contribution in [0.1, 0.15) is 11.5 Å². The largest absolute Gasteiger partial charge is 0.384 e. The first-order chi connectivity index (χ1) is 9.47. The zero-order chi connectivity index (χ0) is 14.9. The van der Waals surface area contributed by atoms with Crippen LogP contribution in [0.15, 0.2) is 35.7 Å². The van der Waals surface area contributed by atoms with E-state index in [1.165, 1.54) is 0 Å². The van der Waals surface area contributed by atoms with Crippen molar-refractivity contribution in [2.75, 3.05) is 0 Å². The van der Waals surface area contributed by atoms with Crippen molar-refractivity contribution in [3.8, 4) is 6.07 Å². The molecule has 20 heavy (non-hydrogen) atoms. The van der Waals surface area contributed by atoms with Crippen LogP contribution in [-0.2, 0) is 9.59 Å². The molecule has 2 atom stereocenters. The minimum Gasteiger partial charge on any atom is -0.384 e. The number of nitrogens with zero attached hydrogens (tertiary/aromatic N) is 1. The van der Waals surface area contributed by atoms with E-state index in [4.69, 9.17) is 23.1 Å². The Morgan fingerprint density at radius 2 is 2.05 bits per heavy atom. The van der Waals surface area contributed by atoms with Crippen molar-refractivity contribution in [2.24, 2.45) is 17.4 Å². The van der Waals surface area contributed by atoms with Gasteiger partial charge < -0.3 is 16.8 Å². The van der Waals surface area contributed by atoms with E-state index in [9.17, 15) is 14.9 Å². The van der Waals surface area contributed by atoms with Gasteiger partial charge in [0.15, 0.2) is 0 Å². The van der Waals surface area contributed by atoms with Crippen molar-refractivity contribution in [3.63, 3.8) is 0 Å². The minimum absolute atomic E-state index is 0.0708. The van der Waals surface area contributed by atoms with Crippen molar-refractivity contribution in [1.82, 2.24) is 5.32 Å². The highest BCUT2D eigenvalue weighted by atomic mass is 35.5. The quantitative estimate of drug-likeness (QED) is 0.680. The zero-order valence-corrected chi connectivity index (χ0v) is 11.0. The molecule has 1 aliphatic heterocycles. The number of halogens is 1. The Hall–Kier alpha value is -2.52. The molecule has 6 nitrogen and oxygen atoms in total. The van der Waals surface area contributed by atoms with Gasteiger partial charge in [-0.25, -0.2) is 0 Å². The number of rotatable bonds is 2. The van der Waals surface area contributed by atoms with Crippen molar-refractivity contribution in [2.45, 2.75) is 5.92 Å². The lowest BCUT2D eigenvalue weighted by molar-refractivity contribution is -0.134. The molecule has 102 valence electrons. The van der Waals surface area contributed by atoms with Gasteiger partial charge in [0.2, 0.25) is 11.8 Å². The topological polar surface area (TPSA) is 122 Å². The van der Waals surface area contributed by atoms with Gasteiger partial charge in [-0.05, 0) is 11.6 Å². The number of nitrogens with two attached hydrogens (primary N) is 2. The predicted octanol–water partition coefficient (Wildman–Crippen LogP) is 0.349. The summed E-state index contributed by atoms with van der Waals surface area (Å²) in [6.07, 6.45) is 0. The lowest BCUT2D eigenvalue weighted by atomic mass is 9.77. The molecule has 2 rings (SSSR count). The standard InChI is InChI=1S/C13H11ClN4O2/c14-8-4-2-1-3-6(8)9-7(5-15)11(16)18-13(20)10(9)12(17)19/h1-4,9-10H,16H2,(H2,17,19)(H,18,20). The Morgan fingerprint density at radius 1 is 1.40 bits per heavy atom. The highest BCUT2D eigenvalue weighted by Crippen LogP contribution is 2.38. The summed E-state index contributed by atoms with van der Waals surface area (Å²) in [6.45, 7) is 0. The second kappa shape index (κ2) is 5.23. The van der Waals surface area contributed by atoms with Crippen LogP contribution in [0.4, 0.5) is 0 Å². The molecule has 5 N–H and O–H groups in total. The van der Waals surface area contributed by atoms with E-state index in [-0.39, 0.29) is 11.4 Å². The van der Waals surface area contributed by atoms with Crippen LogP contribution >= 0.6 is 11.6 Å². The highest BCUT2D eigenvalue weighted by molar-refractivity contribution is 6.31. The summed E-state index contributed by atoms with van der Waals surface area (Å²) < 4.78 is 0. The summed E-state index contributed by atoms with van der Waals surface area (Å²) in [5.41, 5.74) is 11.5. The fourth-order valence-electron chi connectivity index (χ4n) is 2.25. The molecule has 0 aliphatic carbocycles. The molecule has 0 aromatic heterocycles. The molecule has 0 saturated carbocycles. The van der Waals surface area contributed by atoms with Crippen molar-refractivity contribution in [3.05, 3.63) is 46.2 Å².